The number of anilines is 1. The van der Waals surface area contributed by atoms with Crippen LogP contribution in [-0.4, -0.2) is 38.7 Å². The molecular formula is C9H9N3O7. The van der Waals surface area contributed by atoms with Crippen molar-refractivity contribution in [3.63, 3.8) is 0 Å². The van der Waals surface area contributed by atoms with Crippen molar-refractivity contribution in [1.29, 1.82) is 0 Å². The first-order valence-electron chi connectivity index (χ1n) is 4.90. The molecule has 0 aliphatic heterocycles. The van der Waals surface area contributed by atoms with Crippen molar-refractivity contribution in [2.45, 2.75) is 6.04 Å². The zero-order chi connectivity index (χ0) is 14.6. The number of nitrogens with zero attached hydrogens (tertiary/aromatic N) is 2. The number of aliphatic hydroxyl groups is 1. The first-order valence-corrected chi connectivity index (χ1v) is 4.90. The summed E-state index contributed by atoms with van der Waals surface area (Å²) in [4.78, 5) is 30.3. The van der Waals surface area contributed by atoms with E-state index >= 15 is 0 Å². The van der Waals surface area contributed by atoms with Crippen molar-refractivity contribution < 1.29 is 24.9 Å². The second-order valence-corrected chi connectivity index (χ2v) is 3.43. The van der Waals surface area contributed by atoms with E-state index in [0.717, 1.165) is 12.1 Å². The van der Waals surface area contributed by atoms with Gasteiger partial charge in [0, 0.05) is 6.07 Å². The molecule has 102 valence electrons. The lowest BCUT2D eigenvalue weighted by molar-refractivity contribution is -0.393. The predicted molar refractivity (Wildman–Crippen MR) is 61.9 cm³/mol. The van der Waals surface area contributed by atoms with E-state index in [0.29, 0.717) is 6.07 Å². The molecule has 19 heavy (non-hydrogen) atoms. The van der Waals surface area contributed by atoms with E-state index < -0.39 is 39.8 Å². The molecule has 0 bridgehead atoms. The zero-order valence-corrected chi connectivity index (χ0v) is 9.35. The molecule has 0 aliphatic rings. The number of rotatable bonds is 6. The Morgan fingerprint density at radius 2 is 1.95 bits per heavy atom. The lowest BCUT2D eigenvalue weighted by atomic mass is 10.2. The summed E-state index contributed by atoms with van der Waals surface area (Å²) in [6.45, 7) is -0.788. The number of hydrogen-bond donors (Lipinski definition) is 3. The van der Waals surface area contributed by atoms with E-state index in [1.165, 1.54) is 0 Å². The summed E-state index contributed by atoms with van der Waals surface area (Å²) < 4.78 is 0. The maximum Gasteiger partial charge on any atom is 0.328 e. The highest BCUT2D eigenvalue weighted by Crippen LogP contribution is 2.29. The Hall–Kier alpha value is -2.75. The minimum Gasteiger partial charge on any atom is -0.480 e. The van der Waals surface area contributed by atoms with Gasteiger partial charge in [-0.1, -0.05) is 0 Å². The highest BCUT2D eigenvalue weighted by Gasteiger charge is 2.23. The molecule has 0 radical (unpaired) electrons. The molecule has 0 fully saturated rings. The highest BCUT2D eigenvalue weighted by atomic mass is 16.6. The van der Waals surface area contributed by atoms with Gasteiger partial charge in [0.15, 0.2) is 0 Å². The number of benzene rings is 1. The molecule has 0 heterocycles. The van der Waals surface area contributed by atoms with E-state index in [-0.39, 0.29) is 5.69 Å². The summed E-state index contributed by atoms with van der Waals surface area (Å²) in [5, 5.41) is 41.0. The Bertz CT molecular complexity index is 531. The summed E-state index contributed by atoms with van der Waals surface area (Å²) >= 11 is 0. The topological polar surface area (TPSA) is 156 Å². The maximum absolute atomic E-state index is 10.8. The summed E-state index contributed by atoms with van der Waals surface area (Å²) in [6.07, 6.45) is 0. The van der Waals surface area contributed by atoms with Crippen LogP contribution in [0.25, 0.3) is 0 Å². The number of non-ortho nitro benzene ring substituents is 1. The Labute approximate surface area is 105 Å². The second-order valence-electron chi connectivity index (χ2n) is 3.43. The molecule has 0 spiro atoms. The second kappa shape index (κ2) is 5.73. The van der Waals surface area contributed by atoms with Crippen LogP contribution in [0, 0.1) is 20.2 Å². The summed E-state index contributed by atoms with van der Waals surface area (Å²) in [6, 6.07) is 1.27. The van der Waals surface area contributed by atoms with E-state index in [4.69, 9.17) is 10.2 Å². The SMILES string of the molecule is O=C(O)[C@H](CO)Nc1ccc([N+](=O)[O-])cc1[N+](=O)[O-]. The molecule has 0 unspecified atom stereocenters. The number of nitrogens with one attached hydrogen (secondary N) is 1. The van der Waals surface area contributed by atoms with Crippen LogP contribution in [0.3, 0.4) is 0 Å². The average molecular weight is 271 g/mol. The van der Waals surface area contributed by atoms with Crippen LogP contribution in [0.2, 0.25) is 0 Å². The average Bonchev–Trinajstić information content (AvgIpc) is 2.35. The molecule has 0 aliphatic carbocycles. The van der Waals surface area contributed by atoms with Gasteiger partial charge in [-0.05, 0) is 6.07 Å². The lowest BCUT2D eigenvalue weighted by Crippen LogP contribution is -2.32. The van der Waals surface area contributed by atoms with Crippen molar-refractivity contribution in [1.82, 2.24) is 0 Å². The summed E-state index contributed by atoms with van der Waals surface area (Å²) in [5.41, 5.74) is -1.36. The normalized spacial score (nSPS) is 11.6. The van der Waals surface area contributed by atoms with Gasteiger partial charge in [0.25, 0.3) is 11.4 Å². The van der Waals surface area contributed by atoms with Crippen LogP contribution in [0.5, 0.6) is 0 Å². The number of aliphatic carboxylic acids is 1. The Morgan fingerprint density at radius 3 is 2.37 bits per heavy atom. The molecule has 3 N–H and O–H groups in total. The first-order chi connectivity index (χ1) is 8.86. The zero-order valence-electron chi connectivity index (χ0n) is 9.35. The maximum atomic E-state index is 10.8. The largest absolute Gasteiger partial charge is 0.480 e. The third kappa shape index (κ3) is 3.35. The summed E-state index contributed by atoms with van der Waals surface area (Å²) in [7, 11) is 0. The molecule has 10 nitrogen and oxygen atoms in total. The number of carbonyl (C=O) groups is 1. The third-order valence-corrected chi connectivity index (χ3v) is 2.20. The van der Waals surface area contributed by atoms with Gasteiger partial charge >= 0.3 is 5.97 Å². The monoisotopic (exact) mass is 271 g/mol. The van der Waals surface area contributed by atoms with Crippen LogP contribution >= 0.6 is 0 Å². The molecule has 1 atom stereocenters. The van der Waals surface area contributed by atoms with Crippen molar-refractivity contribution in [3.8, 4) is 0 Å². The van der Waals surface area contributed by atoms with Gasteiger partial charge in [-0.2, -0.15) is 0 Å². The number of aliphatic hydroxyl groups excluding tert-OH is 1. The van der Waals surface area contributed by atoms with Crippen molar-refractivity contribution in [2.24, 2.45) is 0 Å². The number of nitro benzene ring substituents is 2. The molecule has 1 aromatic carbocycles. The lowest BCUT2D eigenvalue weighted by Gasteiger charge is -2.12. The van der Waals surface area contributed by atoms with Crippen molar-refractivity contribution in [3.05, 3.63) is 38.4 Å². The Morgan fingerprint density at radius 1 is 1.32 bits per heavy atom. The van der Waals surface area contributed by atoms with Crippen LogP contribution in [0.4, 0.5) is 17.1 Å². The van der Waals surface area contributed by atoms with Gasteiger partial charge < -0.3 is 15.5 Å². The van der Waals surface area contributed by atoms with Gasteiger partial charge in [-0.15, -0.1) is 0 Å². The molecule has 10 heteroatoms. The standard InChI is InChI=1S/C9H9N3O7/c13-4-7(9(14)15)10-6-2-1-5(11(16)17)3-8(6)12(18)19/h1-3,7,10,13H,4H2,(H,14,15)/t7-/m0/s1. The van der Waals surface area contributed by atoms with Crippen LogP contribution in [-0.2, 0) is 4.79 Å². The quantitative estimate of drug-likeness (QED) is 0.494. The van der Waals surface area contributed by atoms with E-state index in [2.05, 4.69) is 5.32 Å². The summed E-state index contributed by atoms with van der Waals surface area (Å²) in [5.74, 6) is -1.41. The number of carboxylic acid groups (broad SMARTS) is 1. The highest BCUT2D eigenvalue weighted by molar-refractivity contribution is 5.79. The minimum atomic E-state index is -1.44. The van der Waals surface area contributed by atoms with Gasteiger partial charge in [-0.25, -0.2) is 4.79 Å². The van der Waals surface area contributed by atoms with Gasteiger partial charge in [0.2, 0.25) is 0 Å². The van der Waals surface area contributed by atoms with E-state index in [9.17, 15) is 25.0 Å². The van der Waals surface area contributed by atoms with Crippen LogP contribution in [0.15, 0.2) is 18.2 Å². The molecule has 0 saturated heterocycles. The first kappa shape index (κ1) is 14.3. The van der Waals surface area contributed by atoms with E-state index in [1.54, 1.807) is 0 Å². The molecule has 1 aromatic rings. The number of nitro groups is 2. The van der Waals surface area contributed by atoms with Gasteiger partial charge in [0.1, 0.15) is 11.7 Å². The Kier molecular flexibility index (Phi) is 4.32. The van der Waals surface area contributed by atoms with E-state index in [1.807, 2.05) is 0 Å². The number of hydrogen-bond acceptors (Lipinski definition) is 7. The number of carboxylic acids is 1. The molecule has 0 saturated carbocycles. The van der Waals surface area contributed by atoms with Crippen molar-refractivity contribution in [2.75, 3.05) is 11.9 Å². The van der Waals surface area contributed by atoms with Crippen molar-refractivity contribution >= 4 is 23.0 Å². The van der Waals surface area contributed by atoms with Gasteiger partial charge in [-0.3, -0.25) is 20.2 Å². The molecule has 0 amide bonds. The molecule has 1 rings (SSSR count). The third-order valence-electron chi connectivity index (χ3n) is 2.20. The fraction of sp³-hybridized carbons (Fsp3) is 0.222. The fourth-order valence-corrected chi connectivity index (χ4v) is 1.28. The molecule has 0 aromatic heterocycles. The predicted octanol–water partition coefficient (Wildman–Crippen LogP) is 0.360. The Balaban J connectivity index is 3.16. The van der Waals surface area contributed by atoms with Gasteiger partial charge in [0.05, 0.1) is 22.5 Å². The molecular weight excluding hydrogens is 262 g/mol. The van der Waals surface area contributed by atoms with Crippen LogP contribution in [0.1, 0.15) is 0 Å². The minimum absolute atomic E-state index is 0.225. The fourth-order valence-electron chi connectivity index (χ4n) is 1.28. The smallest absolute Gasteiger partial charge is 0.328 e. The van der Waals surface area contributed by atoms with Crippen LogP contribution < -0.4 is 5.32 Å².